The Labute approximate surface area is 127 Å². The summed E-state index contributed by atoms with van der Waals surface area (Å²) < 4.78 is 5.24. The molecule has 3 heteroatoms. The highest BCUT2D eigenvalue weighted by molar-refractivity contribution is 5.31. The summed E-state index contributed by atoms with van der Waals surface area (Å²) in [5.41, 5.74) is 2.38. The molecule has 1 N–H and O–H groups in total. The van der Waals surface area contributed by atoms with E-state index in [1.165, 1.54) is 5.56 Å². The van der Waals surface area contributed by atoms with Crippen molar-refractivity contribution in [3.63, 3.8) is 0 Å². The molecule has 21 heavy (non-hydrogen) atoms. The molecule has 2 unspecified atom stereocenters. The summed E-state index contributed by atoms with van der Waals surface area (Å²) in [5, 5.41) is 3.64. The van der Waals surface area contributed by atoms with Crippen LogP contribution in [-0.2, 0) is 0 Å². The van der Waals surface area contributed by atoms with E-state index in [-0.39, 0.29) is 6.04 Å². The van der Waals surface area contributed by atoms with Crippen molar-refractivity contribution >= 4 is 0 Å². The molecule has 0 aliphatic carbocycles. The standard InChI is InChI=1S/C18H24N2O/c1-4-12-20-18(14(2)17-7-5-6-13-19-17)15-8-10-16(21-3)11-9-15/h5-11,13-14,18,20H,4,12H2,1-3H3. The Hall–Kier alpha value is -1.87. The van der Waals surface area contributed by atoms with Crippen LogP contribution in [0.2, 0.25) is 0 Å². The lowest BCUT2D eigenvalue weighted by atomic mass is 9.91. The number of hydrogen-bond acceptors (Lipinski definition) is 3. The summed E-state index contributed by atoms with van der Waals surface area (Å²) in [5.74, 6) is 1.20. The van der Waals surface area contributed by atoms with E-state index in [1.54, 1.807) is 7.11 Å². The fourth-order valence-electron chi connectivity index (χ4n) is 2.51. The Morgan fingerprint density at radius 3 is 2.48 bits per heavy atom. The highest BCUT2D eigenvalue weighted by Crippen LogP contribution is 2.30. The number of benzene rings is 1. The molecule has 2 aromatic rings. The number of ether oxygens (including phenoxy) is 1. The fraction of sp³-hybridized carbons (Fsp3) is 0.389. The molecule has 1 aromatic heterocycles. The maximum absolute atomic E-state index is 5.24. The van der Waals surface area contributed by atoms with Crippen molar-refractivity contribution in [2.75, 3.05) is 13.7 Å². The second-order valence-electron chi connectivity index (χ2n) is 5.25. The summed E-state index contributed by atoms with van der Waals surface area (Å²) in [4.78, 5) is 4.50. The highest BCUT2D eigenvalue weighted by atomic mass is 16.5. The van der Waals surface area contributed by atoms with Gasteiger partial charge in [-0.3, -0.25) is 4.98 Å². The van der Waals surface area contributed by atoms with Crippen molar-refractivity contribution < 1.29 is 4.74 Å². The number of pyridine rings is 1. The molecular weight excluding hydrogens is 260 g/mol. The van der Waals surface area contributed by atoms with Gasteiger partial charge in [-0.2, -0.15) is 0 Å². The number of methoxy groups -OCH3 is 1. The van der Waals surface area contributed by atoms with Crippen LogP contribution in [0.15, 0.2) is 48.7 Å². The summed E-state index contributed by atoms with van der Waals surface area (Å²) in [7, 11) is 1.69. The third-order valence-electron chi connectivity index (χ3n) is 3.74. The topological polar surface area (TPSA) is 34.1 Å². The van der Waals surface area contributed by atoms with Gasteiger partial charge in [-0.1, -0.05) is 32.0 Å². The number of nitrogens with one attached hydrogen (secondary N) is 1. The van der Waals surface area contributed by atoms with Crippen molar-refractivity contribution in [3.05, 3.63) is 59.9 Å². The van der Waals surface area contributed by atoms with E-state index in [2.05, 4.69) is 42.3 Å². The molecule has 3 nitrogen and oxygen atoms in total. The van der Waals surface area contributed by atoms with Crippen LogP contribution in [0.4, 0.5) is 0 Å². The molecule has 112 valence electrons. The lowest BCUT2D eigenvalue weighted by Gasteiger charge is -2.25. The minimum atomic E-state index is 0.255. The molecular formula is C18H24N2O. The Morgan fingerprint density at radius 1 is 1.14 bits per heavy atom. The van der Waals surface area contributed by atoms with E-state index in [0.29, 0.717) is 5.92 Å². The summed E-state index contributed by atoms with van der Waals surface area (Å²) in [6.45, 7) is 5.40. The molecule has 0 amide bonds. The van der Waals surface area contributed by atoms with Gasteiger partial charge in [0, 0.05) is 23.9 Å². The molecule has 2 rings (SSSR count). The van der Waals surface area contributed by atoms with Gasteiger partial charge in [0.15, 0.2) is 0 Å². The van der Waals surface area contributed by atoms with Crippen LogP contribution in [0.5, 0.6) is 5.75 Å². The average Bonchev–Trinajstić information content (AvgIpc) is 2.56. The van der Waals surface area contributed by atoms with E-state index in [9.17, 15) is 0 Å². The molecule has 0 radical (unpaired) electrons. The lowest BCUT2D eigenvalue weighted by Crippen LogP contribution is -2.27. The minimum Gasteiger partial charge on any atom is -0.497 e. The second kappa shape index (κ2) is 7.79. The largest absolute Gasteiger partial charge is 0.497 e. The normalized spacial score (nSPS) is 13.7. The third-order valence-corrected chi connectivity index (χ3v) is 3.74. The molecule has 2 atom stereocenters. The van der Waals surface area contributed by atoms with Gasteiger partial charge in [0.05, 0.1) is 7.11 Å². The van der Waals surface area contributed by atoms with Crippen LogP contribution in [-0.4, -0.2) is 18.6 Å². The molecule has 1 heterocycles. The van der Waals surface area contributed by atoms with Gasteiger partial charge in [-0.25, -0.2) is 0 Å². The minimum absolute atomic E-state index is 0.255. The highest BCUT2D eigenvalue weighted by Gasteiger charge is 2.21. The van der Waals surface area contributed by atoms with Crippen molar-refractivity contribution in [2.24, 2.45) is 0 Å². The smallest absolute Gasteiger partial charge is 0.118 e. The first-order chi connectivity index (χ1) is 10.3. The monoisotopic (exact) mass is 284 g/mol. The quantitative estimate of drug-likeness (QED) is 0.836. The maximum Gasteiger partial charge on any atom is 0.118 e. The first kappa shape index (κ1) is 15.5. The van der Waals surface area contributed by atoms with Gasteiger partial charge >= 0.3 is 0 Å². The molecule has 0 saturated carbocycles. The Kier molecular flexibility index (Phi) is 5.76. The van der Waals surface area contributed by atoms with Crippen LogP contribution in [0, 0.1) is 0 Å². The number of hydrogen-bond donors (Lipinski definition) is 1. The van der Waals surface area contributed by atoms with Gasteiger partial charge in [0.2, 0.25) is 0 Å². The summed E-state index contributed by atoms with van der Waals surface area (Å²) in [6.07, 6.45) is 2.97. The molecule has 0 fully saturated rings. The summed E-state index contributed by atoms with van der Waals surface area (Å²) >= 11 is 0. The predicted molar refractivity (Wildman–Crippen MR) is 86.7 cm³/mol. The molecule has 0 aliphatic rings. The second-order valence-corrected chi connectivity index (χ2v) is 5.25. The van der Waals surface area contributed by atoms with Crippen molar-refractivity contribution in [2.45, 2.75) is 32.2 Å². The van der Waals surface area contributed by atoms with E-state index in [1.807, 2.05) is 30.5 Å². The van der Waals surface area contributed by atoms with Gasteiger partial charge in [0.25, 0.3) is 0 Å². The molecule has 0 bridgehead atoms. The fourth-order valence-corrected chi connectivity index (χ4v) is 2.51. The van der Waals surface area contributed by atoms with E-state index >= 15 is 0 Å². The number of aromatic nitrogens is 1. The molecule has 0 aliphatic heterocycles. The van der Waals surface area contributed by atoms with Crippen LogP contribution in [0.3, 0.4) is 0 Å². The molecule has 1 aromatic carbocycles. The van der Waals surface area contributed by atoms with Crippen molar-refractivity contribution in [3.8, 4) is 5.75 Å². The SMILES string of the molecule is CCCNC(c1ccc(OC)cc1)C(C)c1ccccn1. The lowest BCUT2D eigenvalue weighted by molar-refractivity contribution is 0.413. The zero-order valence-electron chi connectivity index (χ0n) is 13.0. The zero-order valence-corrected chi connectivity index (χ0v) is 13.0. The first-order valence-electron chi connectivity index (χ1n) is 7.54. The third kappa shape index (κ3) is 4.05. The van der Waals surface area contributed by atoms with Gasteiger partial charge in [0.1, 0.15) is 5.75 Å². The van der Waals surface area contributed by atoms with E-state index < -0.39 is 0 Å². The van der Waals surface area contributed by atoms with Crippen LogP contribution in [0.1, 0.15) is 43.5 Å². The molecule has 0 spiro atoms. The van der Waals surface area contributed by atoms with Gasteiger partial charge in [-0.15, -0.1) is 0 Å². The van der Waals surface area contributed by atoms with Gasteiger partial charge in [-0.05, 0) is 42.8 Å². The number of rotatable bonds is 7. The maximum atomic E-state index is 5.24. The van der Waals surface area contributed by atoms with Crippen LogP contribution in [0.25, 0.3) is 0 Å². The van der Waals surface area contributed by atoms with Crippen molar-refractivity contribution in [1.29, 1.82) is 0 Å². The van der Waals surface area contributed by atoms with Crippen LogP contribution < -0.4 is 10.1 Å². The van der Waals surface area contributed by atoms with E-state index in [0.717, 1.165) is 24.4 Å². The summed E-state index contributed by atoms with van der Waals surface area (Å²) in [6, 6.07) is 14.6. The first-order valence-corrected chi connectivity index (χ1v) is 7.54. The average molecular weight is 284 g/mol. The molecule has 0 saturated heterocycles. The Bertz CT molecular complexity index is 525. The van der Waals surface area contributed by atoms with Crippen LogP contribution >= 0.6 is 0 Å². The zero-order chi connectivity index (χ0) is 15.1. The number of nitrogens with zero attached hydrogens (tertiary/aromatic N) is 1. The Morgan fingerprint density at radius 2 is 1.90 bits per heavy atom. The predicted octanol–water partition coefficient (Wildman–Crippen LogP) is 3.93. The van der Waals surface area contributed by atoms with E-state index in [4.69, 9.17) is 4.74 Å². The van der Waals surface area contributed by atoms with Gasteiger partial charge < -0.3 is 10.1 Å². The van der Waals surface area contributed by atoms with Crippen molar-refractivity contribution in [1.82, 2.24) is 10.3 Å². The Balaban J connectivity index is 2.24.